The molecule has 0 bridgehead atoms. The number of nitrogens with one attached hydrogen (secondary N) is 1. The standard InChI is InChI=1S/C17H16FNO3S/c1-12(20)14-7-8-16(15(18)9-14)23-11-17(21)19-22-10-13-5-3-2-4-6-13/h2-9H,10-11H2,1H3,(H,19,21). The molecule has 0 aliphatic heterocycles. The van der Waals surface area contributed by atoms with Crippen LogP contribution in [0.25, 0.3) is 0 Å². The Morgan fingerprint density at radius 3 is 2.57 bits per heavy atom. The first-order chi connectivity index (χ1) is 11.1. The number of hydrogen-bond acceptors (Lipinski definition) is 4. The number of benzene rings is 2. The molecule has 0 unspecified atom stereocenters. The second-order valence-corrected chi connectivity index (χ2v) is 5.81. The Labute approximate surface area is 138 Å². The van der Waals surface area contributed by atoms with Gasteiger partial charge in [-0.2, -0.15) is 0 Å². The van der Waals surface area contributed by atoms with Crippen molar-refractivity contribution >= 4 is 23.5 Å². The summed E-state index contributed by atoms with van der Waals surface area (Å²) in [5.74, 6) is -1.06. The average Bonchev–Trinajstić information content (AvgIpc) is 2.54. The lowest BCUT2D eigenvalue weighted by Gasteiger charge is -2.07. The van der Waals surface area contributed by atoms with Crippen molar-refractivity contribution in [1.82, 2.24) is 5.48 Å². The molecule has 2 aromatic rings. The lowest BCUT2D eigenvalue weighted by atomic mass is 10.1. The van der Waals surface area contributed by atoms with E-state index in [2.05, 4.69) is 5.48 Å². The normalized spacial score (nSPS) is 10.3. The maximum absolute atomic E-state index is 13.8. The number of hydroxylamine groups is 1. The van der Waals surface area contributed by atoms with E-state index in [1.54, 1.807) is 0 Å². The van der Waals surface area contributed by atoms with E-state index in [1.807, 2.05) is 30.3 Å². The zero-order chi connectivity index (χ0) is 16.7. The minimum absolute atomic E-state index is 0.0190. The fraction of sp³-hybridized carbons (Fsp3) is 0.176. The third-order valence-electron chi connectivity index (χ3n) is 2.96. The molecule has 0 atom stereocenters. The highest BCUT2D eigenvalue weighted by atomic mass is 32.2. The molecule has 0 aliphatic carbocycles. The first kappa shape index (κ1) is 17.2. The van der Waals surface area contributed by atoms with E-state index >= 15 is 0 Å². The van der Waals surface area contributed by atoms with Gasteiger partial charge in [-0.3, -0.25) is 14.4 Å². The monoisotopic (exact) mass is 333 g/mol. The van der Waals surface area contributed by atoms with Crippen molar-refractivity contribution < 1.29 is 18.8 Å². The second kappa shape index (κ2) is 8.45. The van der Waals surface area contributed by atoms with E-state index in [0.717, 1.165) is 17.3 Å². The third kappa shape index (κ3) is 5.50. The molecule has 1 amide bonds. The highest BCUT2D eigenvalue weighted by Gasteiger charge is 2.09. The van der Waals surface area contributed by atoms with Crippen LogP contribution < -0.4 is 5.48 Å². The van der Waals surface area contributed by atoms with E-state index in [9.17, 15) is 14.0 Å². The smallest absolute Gasteiger partial charge is 0.253 e. The van der Waals surface area contributed by atoms with Crippen molar-refractivity contribution in [3.05, 3.63) is 65.5 Å². The molecular formula is C17H16FNO3S. The summed E-state index contributed by atoms with van der Waals surface area (Å²) in [6.45, 7) is 1.64. The first-order valence-corrected chi connectivity index (χ1v) is 7.92. The van der Waals surface area contributed by atoms with Crippen molar-refractivity contribution in [2.75, 3.05) is 5.75 Å². The molecule has 1 N–H and O–H groups in total. The van der Waals surface area contributed by atoms with Crippen LogP contribution in [0.2, 0.25) is 0 Å². The van der Waals surface area contributed by atoms with E-state index in [-0.39, 0.29) is 24.1 Å². The number of carbonyl (C=O) groups is 2. The molecule has 0 saturated carbocycles. The van der Waals surface area contributed by atoms with Gasteiger partial charge in [0, 0.05) is 10.5 Å². The maximum Gasteiger partial charge on any atom is 0.253 e. The lowest BCUT2D eigenvalue weighted by Crippen LogP contribution is -2.25. The molecule has 2 rings (SSSR count). The van der Waals surface area contributed by atoms with Gasteiger partial charge in [-0.25, -0.2) is 9.87 Å². The second-order valence-electron chi connectivity index (χ2n) is 4.79. The Kier molecular flexibility index (Phi) is 6.31. The summed E-state index contributed by atoms with van der Waals surface area (Å²) in [5, 5.41) is 0. The molecular weight excluding hydrogens is 317 g/mol. The Hall–Kier alpha value is -2.18. The highest BCUT2D eigenvalue weighted by molar-refractivity contribution is 8.00. The highest BCUT2D eigenvalue weighted by Crippen LogP contribution is 2.22. The molecule has 2 aromatic carbocycles. The molecule has 0 aliphatic rings. The van der Waals surface area contributed by atoms with E-state index in [0.29, 0.717) is 10.5 Å². The lowest BCUT2D eigenvalue weighted by molar-refractivity contribution is -0.131. The summed E-state index contributed by atoms with van der Waals surface area (Å²) >= 11 is 1.04. The van der Waals surface area contributed by atoms with Crippen LogP contribution in [0.5, 0.6) is 0 Å². The van der Waals surface area contributed by atoms with Crippen LogP contribution in [0.3, 0.4) is 0 Å². The zero-order valence-corrected chi connectivity index (χ0v) is 13.4. The van der Waals surface area contributed by atoms with Gasteiger partial charge in [0.25, 0.3) is 5.91 Å². The van der Waals surface area contributed by atoms with Crippen molar-refractivity contribution in [2.24, 2.45) is 0 Å². The Morgan fingerprint density at radius 1 is 1.17 bits per heavy atom. The van der Waals surface area contributed by atoms with Gasteiger partial charge in [0.2, 0.25) is 0 Å². The molecule has 0 spiro atoms. The zero-order valence-electron chi connectivity index (χ0n) is 12.5. The number of carbonyl (C=O) groups excluding carboxylic acids is 2. The predicted octanol–water partition coefficient (Wildman–Crippen LogP) is 3.37. The number of amides is 1. The van der Waals surface area contributed by atoms with Gasteiger partial charge in [0.15, 0.2) is 5.78 Å². The van der Waals surface area contributed by atoms with Gasteiger partial charge >= 0.3 is 0 Å². The number of ketones is 1. The quantitative estimate of drug-likeness (QED) is 0.479. The van der Waals surface area contributed by atoms with Gasteiger partial charge in [-0.05, 0) is 24.6 Å². The fourth-order valence-corrected chi connectivity index (χ4v) is 2.49. The molecule has 0 radical (unpaired) electrons. The maximum atomic E-state index is 13.8. The number of thioether (sulfide) groups is 1. The van der Waals surface area contributed by atoms with Crippen molar-refractivity contribution in [2.45, 2.75) is 18.4 Å². The number of hydrogen-bond donors (Lipinski definition) is 1. The SMILES string of the molecule is CC(=O)c1ccc(SCC(=O)NOCc2ccccc2)c(F)c1. The van der Waals surface area contributed by atoms with Crippen LogP contribution in [0.15, 0.2) is 53.4 Å². The van der Waals surface area contributed by atoms with Gasteiger partial charge in [-0.1, -0.05) is 36.4 Å². The van der Waals surface area contributed by atoms with Gasteiger partial charge < -0.3 is 0 Å². The molecule has 120 valence electrons. The summed E-state index contributed by atoms with van der Waals surface area (Å²) in [6, 6.07) is 13.6. The summed E-state index contributed by atoms with van der Waals surface area (Å²) in [4.78, 5) is 28.2. The molecule has 0 saturated heterocycles. The van der Waals surface area contributed by atoms with Crippen molar-refractivity contribution in [3.63, 3.8) is 0 Å². The number of Topliss-reactive ketones (excluding diaryl/α,β-unsaturated/α-hetero) is 1. The molecule has 0 aromatic heterocycles. The molecule has 6 heteroatoms. The summed E-state index contributed by atoms with van der Waals surface area (Å²) < 4.78 is 13.8. The summed E-state index contributed by atoms with van der Waals surface area (Å²) in [7, 11) is 0. The minimum Gasteiger partial charge on any atom is -0.295 e. The van der Waals surface area contributed by atoms with E-state index in [4.69, 9.17) is 4.84 Å². The third-order valence-corrected chi connectivity index (χ3v) is 4.01. The summed E-state index contributed by atoms with van der Waals surface area (Å²) in [6.07, 6.45) is 0. The Bertz CT molecular complexity index is 691. The van der Waals surface area contributed by atoms with Crippen LogP contribution in [-0.2, 0) is 16.2 Å². The Balaban J connectivity index is 1.77. The average molecular weight is 333 g/mol. The largest absolute Gasteiger partial charge is 0.295 e. The van der Waals surface area contributed by atoms with Crippen LogP contribution in [-0.4, -0.2) is 17.4 Å². The number of halogens is 1. The summed E-state index contributed by atoms with van der Waals surface area (Å²) in [5.41, 5.74) is 3.56. The predicted molar refractivity (Wildman–Crippen MR) is 86.5 cm³/mol. The fourth-order valence-electron chi connectivity index (χ4n) is 1.78. The van der Waals surface area contributed by atoms with Crippen molar-refractivity contribution in [1.29, 1.82) is 0 Å². The topological polar surface area (TPSA) is 55.4 Å². The molecule has 4 nitrogen and oxygen atoms in total. The number of rotatable bonds is 7. The van der Waals surface area contributed by atoms with Crippen LogP contribution in [0.1, 0.15) is 22.8 Å². The van der Waals surface area contributed by atoms with Crippen LogP contribution in [0, 0.1) is 5.82 Å². The first-order valence-electron chi connectivity index (χ1n) is 6.94. The van der Waals surface area contributed by atoms with Crippen LogP contribution in [0.4, 0.5) is 4.39 Å². The molecule has 23 heavy (non-hydrogen) atoms. The van der Waals surface area contributed by atoms with Crippen LogP contribution >= 0.6 is 11.8 Å². The molecule has 0 fully saturated rings. The van der Waals surface area contributed by atoms with Gasteiger partial charge in [0.1, 0.15) is 5.82 Å². The van der Waals surface area contributed by atoms with Gasteiger partial charge in [0.05, 0.1) is 12.4 Å². The minimum atomic E-state index is -0.513. The van der Waals surface area contributed by atoms with Crippen molar-refractivity contribution in [3.8, 4) is 0 Å². The Morgan fingerprint density at radius 2 is 1.91 bits per heavy atom. The van der Waals surface area contributed by atoms with E-state index in [1.165, 1.54) is 25.1 Å². The molecule has 0 heterocycles. The van der Waals surface area contributed by atoms with E-state index < -0.39 is 5.82 Å². The van der Waals surface area contributed by atoms with Gasteiger partial charge in [-0.15, -0.1) is 11.8 Å².